The van der Waals surface area contributed by atoms with Gasteiger partial charge in [-0.2, -0.15) is 0 Å². The zero-order valence-corrected chi connectivity index (χ0v) is 12.8. The Balaban J connectivity index is 2.42. The van der Waals surface area contributed by atoms with Gasteiger partial charge in [0.25, 0.3) is 0 Å². The first-order valence-electron chi connectivity index (χ1n) is 4.84. The Hall–Kier alpha value is -0.220. The lowest BCUT2D eigenvalue weighted by Gasteiger charge is -2.13. The van der Waals surface area contributed by atoms with Gasteiger partial charge in [0.1, 0.15) is 5.75 Å². The van der Waals surface area contributed by atoms with E-state index < -0.39 is 0 Å². The second-order valence-corrected chi connectivity index (χ2v) is 6.49. The van der Waals surface area contributed by atoms with Crippen molar-refractivity contribution in [2.45, 2.75) is 5.38 Å². The van der Waals surface area contributed by atoms with Crippen molar-refractivity contribution in [3.63, 3.8) is 0 Å². The molecule has 90 valence electrons. The van der Waals surface area contributed by atoms with Gasteiger partial charge in [-0.1, -0.05) is 27.5 Å². The third-order valence-corrected chi connectivity index (χ3v) is 4.70. The molecule has 2 aromatic rings. The molecule has 1 unspecified atom stereocenters. The highest BCUT2D eigenvalue weighted by Gasteiger charge is 2.17. The molecule has 1 aromatic carbocycles. The normalized spacial score (nSPS) is 12.5. The number of benzene rings is 1. The molecule has 5 heteroatoms. The monoisotopic (exact) mass is 350 g/mol. The van der Waals surface area contributed by atoms with Crippen molar-refractivity contribution in [1.29, 1.82) is 0 Å². The van der Waals surface area contributed by atoms with Gasteiger partial charge in [-0.25, -0.2) is 0 Å². The number of thiophene rings is 1. The second-order valence-electron chi connectivity index (χ2n) is 3.39. The molecule has 0 aliphatic carbocycles. The Kier molecular flexibility index (Phi) is 4.36. The fourth-order valence-corrected chi connectivity index (χ4v) is 3.33. The summed E-state index contributed by atoms with van der Waals surface area (Å²) >= 11 is 17.3. The summed E-state index contributed by atoms with van der Waals surface area (Å²) in [5.74, 6) is 0.776. The highest BCUT2D eigenvalue weighted by atomic mass is 79.9. The molecule has 17 heavy (non-hydrogen) atoms. The Morgan fingerprint density at radius 3 is 2.65 bits per heavy atom. The van der Waals surface area contributed by atoms with Crippen LogP contribution in [-0.2, 0) is 0 Å². The summed E-state index contributed by atoms with van der Waals surface area (Å²) < 4.78 is 7.03. The van der Waals surface area contributed by atoms with Crippen LogP contribution in [-0.4, -0.2) is 7.11 Å². The molecule has 0 fully saturated rings. The van der Waals surface area contributed by atoms with Crippen molar-refractivity contribution >= 4 is 50.5 Å². The molecule has 0 radical (unpaired) electrons. The van der Waals surface area contributed by atoms with Crippen LogP contribution in [0.15, 0.2) is 34.8 Å². The van der Waals surface area contributed by atoms with E-state index in [1.54, 1.807) is 7.11 Å². The summed E-state index contributed by atoms with van der Waals surface area (Å²) in [6, 6.07) is 9.56. The fourth-order valence-electron chi connectivity index (χ4n) is 1.52. The van der Waals surface area contributed by atoms with Crippen LogP contribution >= 0.6 is 50.5 Å². The molecule has 0 N–H and O–H groups in total. The number of rotatable bonds is 3. The highest BCUT2D eigenvalue weighted by Crippen LogP contribution is 2.40. The molecule has 1 atom stereocenters. The van der Waals surface area contributed by atoms with Crippen molar-refractivity contribution in [3.05, 3.63) is 49.6 Å². The van der Waals surface area contributed by atoms with Gasteiger partial charge >= 0.3 is 0 Å². The molecule has 0 saturated carbocycles. The van der Waals surface area contributed by atoms with Crippen molar-refractivity contribution < 1.29 is 4.74 Å². The number of alkyl halides is 1. The Morgan fingerprint density at radius 1 is 1.29 bits per heavy atom. The van der Waals surface area contributed by atoms with Crippen LogP contribution in [0, 0.1) is 0 Å². The lowest BCUT2D eigenvalue weighted by Crippen LogP contribution is -1.95. The molecular weight excluding hydrogens is 343 g/mol. The van der Waals surface area contributed by atoms with Gasteiger partial charge in [-0.15, -0.1) is 22.9 Å². The van der Waals surface area contributed by atoms with E-state index >= 15 is 0 Å². The van der Waals surface area contributed by atoms with E-state index in [9.17, 15) is 0 Å². The number of ether oxygens (including phenoxy) is 1. The number of hydrogen-bond donors (Lipinski definition) is 0. The van der Waals surface area contributed by atoms with E-state index in [0.717, 1.165) is 25.0 Å². The van der Waals surface area contributed by atoms with E-state index in [-0.39, 0.29) is 5.38 Å². The maximum atomic E-state index is 6.45. The zero-order chi connectivity index (χ0) is 12.4. The first kappa shape index (κ1) is 13.2. The van der Waals surface area contributed by atoms with Gasteiger partial charge in [0, 0.05) is 14.9 Å². The zero-order valence-electron chi connectivity index (χ0n) is 8.91. The van der Waals surface area contributed by atoms with E-state index in [0.29, 0.717) is 0 Å². The van der Waals surface area contributed by atoms with Gasteiger partial charge in [-0.3, -0.25) is 0 Å². The highest BCUT2D eigenvalue weighted by molar-refractivity contribution is 9.10. The predicted octanol–water partition coefficient (Wildman–Crippen LogP) is 5.50. The van der Waals surface area contributed by atoms with Gasteiger partial charge in [0.15, 0.2) is 0 Å². The summed E-state index contributed by atoms with van der Waals surface area (Å²) in [4.78, 5) is 1.01. The quantitative estimate of drug-likeness (QED) is 0.663. The minimum absolute atomic E-state index is 0.250. The van der Waals surface area contributed by atoms with E-state index in [2.05, 4.69) is 15.9 Å². The van der Waals surface area contributed by atoms with E-state index in [1.165, 1.54) is 11.3 Å². The lowest BCUT2D eigenvalue weighted by atomic mass is 10.1. The van der Waals surface area contributed by atoms with Gasteiger partial charge in [0.2, 0.25) is 0 Å². The lowest BCUT2D eigenvalue weighted by molar-refractivity contribution is 0.410. The molecule has 2 rings (SSSR count). The third kappa shape index (κ3) is 2.97. The van der Waals surface area contributed by atoms with Crippen LogP contribution in [0.4, 0.5) is 0 Å². The first-order chi connectivity index (χ1) is 8.11. The van der Waals surface area contributed by atoms with E-state index in [1.807, 2.05) is 30.3 Å². The molecule has 0 saturated heterocycles. The van der Waals surface area contributed by atoms with Crippen LogP contribution in [0.1, 0.15) is 15.8 Å². The number of hydrogen-bond acceptors (Lipinski definition) is 2. The average Bonchev–Trinajstić information content (AvgIpc) is 2.75. The largest absolute Gasteiger partial charge is 0.496 e. The Morgan fingerprint density at radius 2 is 2.06 bits per heavy atom. The molecule has 1 heterocycles. The molecular formula is C12H9BrCl2OS. The van der Waals surface area contributed by atoms with Gasteiger partial charge in [0.05, 0.1) is 16.8 Å². The predicted molar refractivity (Wildman–Crippen MR) is 77.7 cm³/mol. The number of halogens is 3. The maximum absolute atomic E-state index is 6.45. The minimum Gasteiger partial charge on any atom is -0.496 e. The van der Waals surface area contributed by atoms with Crippen LogP contribution < -0.4 is 4.74 Å². The van der Waals surface area contributed by atoms with Crippen molar-refractivity contribution in [3.8, 4) is 5.75 Å². The number of methoxy groups -OCH3 is 1. The van der Waals surface area contributed by atoms with Crippen LogP contribution in [0.2, 0.25) is 4.34 Å². The molecule has 0 bridgehead atoms. The molecule has 0 aliphatic rings. The minimum atomic E-state index is -0.250. The third-order valence-electron chi connectivity index (χ3n) is 2.31. The summed E-state index contributed by atoms with van der Waals surface area (Å²) in [6.07, 6.45) is 0. The van der Waals surface area contributed by atoms with Gasteiger partial charge in [-0.05, 0) is 30.3 Å². The summed E-state index contributed by atoms with van der Waals surface area (Å²) in [5, 5.41) is -0.250. The van der Waals surface area contributed by atoms with Crippen molar-refractivity contribution in [2.75, 3.05) is 7.11 Å². The standard InChI is InChI=1S/C12H9BrCl2OS/c1-16-9-3-2-7(13)6-8(9)12(15)10-4-5-11(14)17-10/h2-6,12H,1H3. The first-order valence-corrected chi connectivity index (χ1v) is 7.27. The van der Waals surface area contributed by atoms with Crippen LogP contribution in [0.3, 0.4) is 0 Å². The molecule has 1 aromatic heterocycles. The summed E-state index contributed by atoms with van der Waals surface area (Å²) in [6.45, 7) is 0. The molecule has 1 nitrogen and oxygen atoms in total. The topological polar surface area (TPSA) is 9.23 Å². The van der Waals surface area contributed by atoms with Gasteiger partial charge < -0.3 is 4.74 Å². The fraction of sp³-hybridized carbons (Fsp3) is 0.167. The smallest absolute Gasteiger partial charge is 0.124 e. The Bertz CT molecular complexity index is 527. The average molecular weight is 352 g/mol. The van der Waals surface area contributed by atoms with Crippen LogP contribution in [0.5, 0.6) is 5.75 Å². The summed E-state index contributed by atoms with van der Waals surface area (Å²) in [5.41, 5.74) is 0.932. The van der Waals surface area contributed by atoms with Crippen LogP contribution in [0.25, 0.3) is 0 Å². The molecule has 0 spiro atoms. The van der Waals surface area contributed by atoms with Crippen molar-refractivity contribution in [2.24, 2.45) is 0 Å². The second kappa shape index (κ2) is 5.61. The summed E-state index contributed by atoms with van der Waals surface area (Å²) in [7, 11) is 1.64. The van der Waals surface area contributed by atoms with Crippen molar-refractivity contribution in [1.82, 2.24) is 0 Å². The van der Waals surface area contributed by atoms with E-state index in [4.69, 9.17) is 27.9 Å². The maximum Gasteiger partial charge on any atom is 0.124 e. The molecule has 0 aliphatic heterocycles. The molecule has 0 amide bonds. The SMILES string of the molecule is COc1ccc(Br)cc1C(Cl)c1ccc(Cl)s1. The Labute approximate surface area is 122 Å².